The van der Waals surface area contributed by atoms with Gasteiger partial charge in [0.15, 0.2) is 18.9 Å². The van der Waals surface area contributed by atoms with Gasteiger partial charge in [0.2, 0.25) is 0 Å². The van der Waals surface area contributed by atoms with Gasteiger partial charge in [-0.15, -0.1) is 0 Å². The van der Waals surface area contributed by atoms with E-state index >= 15 is 0 Å². The zero-order valence-corrected chi connectivity index (χ0v) is 38.9. The van der Waals surface area contributed by atoms with E-state index in [1.807, 2.05) is 52.2 Å². The van der Waals surface area contributed by atoms with Crippen LogP contribution in [0.2, 0.25) is 0 Å². The van der Waals surface area contributed by atoms with Crippen LogP contribution in [0.1, 0.15) is 93.4 Å². The number of carbonyl (C=O) groups excluding carboxylic acids is 3. The Hall–Kier alpha value is -2.39. The normalized spacial score (nSPS) is 44.0. The third kappa shape index (κ3) is 14.1. The Morgan fingerprint density at radius 1 is 0.903 bits per heavy atom. The largest absolute Gasteiger partial charge is 0.462 e. The van der Waals surface area contributed by atoms with Gasteiger partial charge in [-0.25, -0.2) is 0 Å². The number of likely N-dealkylation sites (N-methyl/N-ethyl adjacent to an activating group) is 2. The molecule has 12 unspecified atom stereocenters. The van der Waals surface area contributed by atoms with Gasteiger partial charge in [0.05, 0.1) is 48.6 Å². The summed E-state index contributed by atoms with van der Waals surface area (Å²) in [5.74, 6) is -2.21. The molecule has 0 aromatic carbocycles. The topological polar surface area (TPSA) is 201 Å². The summed E-state index contributed by atoms with van der Waals surface area (Å²) in [7, 11) is 9.02. The molecule has 4 aliphatic heterocycles. The molecule has 4 heterocycles. The lowest BCUT2D eigenvalue weighted by Gasteiger charge is -2.50. The zero-order chi connectivity index (χ0) is 46.1. The maximum Gasteiger partial charge on any atom is 0.309 e. The summed E-state index contributed by atoms with van der Waals surface area (Å²) in [6.07, 6.45) is -1.81. The number of allylic oxidation sites excluding steroid dienone is 2. The van der Waals surface area contributed by atoms with E-state index in [0.717, 1.165) is 12.7 Å². The van der Waals surface area contributed by atoms with Gasteiger partial charge in [-0.2, -0.15) is 0 Å². The standard InChI is InChI=1S/C45H76N2O15/c1-25-22-31(20-21-48)41(62-44-39(51)38(47(10)11)40(28(4)58-44)61-37-24-45(7,53)43(52)29(5)57-37)42(54-12)34(59-30(6)49)23-35(50)55-26(2)16-14-13-15-17-33(25)60-36-19-18-32(46(8)9)27(3)56-36/h13-15,17,21,25-29,31-34,36-44,51-53H,16,18-20,22-24H2,1-12H3/b14-13+,17-15+/t25-,26-,27?,28?,29?,31+,32?,33+,34-,36?,37?,38?,39?,40?,41+,42+,43?,44?,45?/m1/s1. The fraction of sp³-hybridized carbons (Fsp3) is 0.844. The van der Waals surface area contributed by atoms with Crippen molar-refractivity contribution in [1.29, 1.82) is 0 Å². The van der Waals surface area contributed by atoms with Crippen molar-refractivity contribution >= 4 is 18.2 Å². The Labute approximate surface area is 368 Å². The van der Waals surface area contributed by atoms with Crippen LogP contribution in [0.4, 0.5) is 0 Å². The highest BCUT2D eigenvalue weighted by Crippen LogP contribution is 2.38. The lowest BCUT2D eigenvalue weighted by molar-refractivity contribution is -0.344. The number of aldehydes is 1. The first-order valence-electron chi connectivity index (χ1n) is 22.2. The highest BCUT2D eigenvalue weighted by atomic mass is 16.7. The number of hydrogen-bond donors (Lipinski definition) is 3. The van der Waals surface area contributed by atoms with Crippen molar-refractivity contribution in [2.45, 2.75) is 197 Å². The second-order valence-corrected chi connectivity index (χ2v) is 18.4. The first-order valence-corrected chi connectivity index (χ1v) is 22.2. The van der Waals surface area contributed by atoms with E-state index in [0.29, 0.717) is 19.3 Å². The van der Waals surface area contributed by atoms with E-state index in [-0.39, 0.29) is 37.3 Å². The SMILES string of the molecule is CO[C@@H]1[C@@H](OC2OC(C)C(OC3CC(C)(O)C(O)C(C)O3)C(N(C)C)C2O)[C@@H](CC=O)C[C@@H](C)[C@@H](OC2CCC(N(C)C)C(C)O2)/C=C/C=C/C[C@@H](C)OC(=O)C[C@H]1OC(C)=O. The van der Waals surface area contributed by atoms with Crippen molar-refractivity contribution in [3.63, 3.8) is 0 Å². The molecule has 356 valence electrons. The number of methoxy groups -OCH3 is 1. The molecule has 3 N–H and O–H groups in total. The lowest BCUT2D eigenvalue weighted by Crippen LogP contribution is -2.65. The molecule has 0 radical (unpaired) electrons. The number of cyclic esters (lactones) is 1. The number of aliphatic hydroxyl groups excluding tert-OH is 2. The fourth-order valence-electron chi connectivity index (χ4n) is 9.40. The maximum absolute atomic E-state index is 13.4. The number of nitrogens with zero attached hydrogens (tertiary/aromatic N) is 2. The van der Waals surface area contributed by atoms with Crippen LogP contribution in [0.3, 0.4) is 0 Å². The smallest absolute Gasteiger partial charge is 0.309 e. The first-order chi connectivity index (χ1) is 29.2. The molecule has 0 saturated carbocycles. The van der Waals surface area contributed by atoms with E-state index in [4.69, 9.17) is 42.6 Å². The molecule has 19 atom stereocenters. The minimum atomic E-state index is -1.49. The predicted octanol–water partition coefficient (Wildman–Crippen LogP) is 2.90. The molecule has 4 aliphatic rings. The molecule has 0 aliphatic carbocycles. The molecular formula is C45H76N2O15. The average molecular weight is 885 g/mol. The predicted molar refractivity (Wildman–Crippen MR) is 226 cm³/mol. The van der Waals surface area contributed by atoms with E-state index in [1.165, 1.54) is 21.0 Å². The Balaban J connectivity index is 1.73. The second-order valence-electron chi connectivity index (χ2n) is 18.4. The average Bonchev–Trinajstić information content (AvgIpc) is 3.16. The van der Waals surface area contributed by atoms with Gasteiger partial charge in [0.25, 0.3) is 0 Å². The maximum atomic E-state index is 13.4. The van der Waals surface area contributed by atoms with E-state index in [1.54, 1.807) is 39.8 Å². The molecule has 0 spiro atoms. The Bertz CT molecular complexity index is 1480. The van der Waals surface area contributed by atoms with Gasteiger partial charge >= 0.3 is 11.9 Å². The third-order valence-corrected chi connectivity index (χ3v) is 12.7. The van der Waals surface area contributed by atoms with Crippen LogP contribution >= 0.6 is 0 Å². The van der Waals surface area contributed by atoms with Crippen LogP contribution < -0.4 is 0 Å². The minimum Gasteiger partial charge on any atom is -0.462 e. The molecule has 0 bridgehead atoms. The van der Waals surface area contributed by atoms with Crippen molar-refractivity contribution in [2.75, 3.05) is 35.3 Å². The van der Waals surface area contributed by atoms with Crippen LogP contribution in [-0.4, -0.2) is 182 Å². The van der Waals surface area contributed by atoms with Gasteiger partial charge in [0.1, 0.15) is 42.9 Å². The molecular weight excluding hydrogens is 808 g/mol. The number of ether oxygens (including phenoxy) is 9. The fourth-order valence-corrected chi connectivity index (χ4v) is 9.40. The van der Waals surface area contributed by atoms with Crippen molar-refractivity contribution in [3.05, 3.63) is 24.3 Å². The lowest BCUT2D eigenvalue weighted by atomic mass is 9.82. The molecule has 3 fully saturated rings. The molecule has 0 amide bonds. The van der Waals surface area contributed by atoms with Crippen molar-refractivity contribution in [3.8, 4) is 0 Å². The zero-order valence-electron chi connectivity index (χ0n) is 38.9. The third-order valence-electron chi connectivity index (χ3n) is 12.7. The number of aliphatic hydroxyl groups is 3. The summed E-state index contributed by atoms with van der Waals surface area (Å²) in [6.45, 7) is 12.0. The summed E-state index contributed by atoms with van der Waals surface area (Å²) < 4.78 is 56.3. The number of esters is 2. The first kappa shape index (κ1) is 52.2. The number of carbonyl (C=O) groups is 3. The highest BCUT2D eigenvalue weighted by Gasteiger charge is 2.52. The minimum absolute atomic E-state index is 0.0293. The Kier molecular flexibility index (Phi) is 20.0. The van der Waals surface area contributed by atoms with Crippen molar-refractivity contribution in [2.24, 2.45) is 11.8 Å². The van der Waals surface area contributed by atoms with Gasteiger partial charge < -0.3 is 72.5 Å². The molecule has 17 nitrogen and oxygen atoms in total. The monoisotopic (exact) mass is 885 g/mol. The van der Waals surface area contributed by atoms with Gasteiger partial charge in [-0.05, 0) is 93.9 Å². The van der Waals surface area contributed by atoms with Crippen molar-refractivity contribution < 1.29 is 72.3 Å². The van der Waals surface area contributed by atoms with Crippen LogP contribution in [0.25, 0.3) is 0 Å². The van der Waals surface area contributed by atoms with Crippen LogP contribution in [-0.2, 0) is 57.0 Å². The number of rotatable bonds is 12. The highest BCUT2D eigenvalue weighted by molar-refractivity contribution is 5.72. The van der Waals surface area contributed by atoms with Gasteiger partial charge in [-0.3, -0.25) is 9.59 Å². The molecule has 0 aromatic rings. The van der Waals surface area contributed by atoms with Crippen LogP contribution in [0.5, 0.6) is 0 Å². The van der Waals surface area contributed by atoms with Gasteiger partial charge in [-0.1, -0.05) is 31.2 Å². The second kappa shape index (κ2) is 23.7. The van der Waals surface area contributed by atoms with Gasteiger partial charge in [0, 0.05) is 39.3 Å². The number of hydrogen-bond acceptors (Lipinski definition) is 17. The van der Waals surface area contributed by atoms with E-state index in [2.05, 4.69) is 4.90 Å². The summed E-state index contributed by atoms with van der Waals surface area (Å²) in [5.41, 5.74) is -1.49. The molecule has 3 saturated heterocycles. The molecule has 62 heavy (non-hydrogen) atoms. The summed E-state index contributed by atoms with van der Waals surface area (Å²) in [5, 5.41) is 33.6. The summed E-state index contributed by atoms with van der Waals surface area (Å²) >= 11 is 0. The van der Waals surface area contributed by atoms with Crippen LogP contribution in [0, 0.1) is 11.8 Å². The quantitative estimate of drug-likeness (QED) is 0.191. The Morgan fingerprint density at radius 3 is 2.19 bits per heavy atom. The molecule has 17 heteroatoms. The van der Waals surface area contributed by atoms with Crippen molar-refractivity contribution in [1.82, 2.24) is 9.80 Å². The molecule has 4 rings (SSSR count). The Morgan fingerprint density at radius 2 is 1.60 bits per heavy atom. The summed E-state index contributed by atoms with van der Waals surface area (Å²) in [6, 6.07) is -0.509. The molecule has 0 aromatic heterocycles. The van der Waals surface area contributed by atoms with Crippen LogP contribution in [0.15, 0.2) is 24.3 Å². The van der Waals surface area contributed by atoms with E-state index < -0.39 is 109 Å². The van der Waals surface area contributed by atoms with E-state index in [9.17, 15) is 29.7 Å². The summed E-state index contributed by atoms with van der Waals surface area (Å²) in [4.78, 5) is 42.7.